The molecule has 4 nitrogen and oxygen atoms in total. The zero-order valence-corrected chi connectivity index (χ0v) is 12.3. The van der Waals surface area contributed by atoms with Crippen molar-refractivity contribution in [1.29, 1.82) is 0 Å². The summed E-state index contributed by atoms with van der Waals surface area (Å²) in [6.07, 6.45) is 0. The first kappa shape index (κ1) is 13.2. The van der Waals surface area contributed by atoms with Crippen LogP contribution in [0.4, 0.5) is 5.95 Å². The van der Waals surface area contributed by atoms with E-state index in [0.717, 1.165) is 22.4 Å². The second-order valence-electron chi connectivity index (χ2n) is 4.58. The maximum Gasteiger partial charge on any atom is 0.201 e. The standard InChI is InChI=1S/C14H12Cl2N4/c1-8-3-2-4-9(18-8)7-20-13-6-11(16)10(15)5-12(13)19-14(20)17/h2-6H,7H2,1H3,(H2,17,19). The molecule has 0 aliphatic heterocycles. The fraction of sp³-hybridized carbons (Fsp3) is 0.143. The average Bonchev–Trinajstić information content (AvgIpc) is 2.67. The van der Waals surface area contributed by atoms with Crippen molar-refractivity contribution < 1.29 is 0 Å². The second kappa shape index (κ2) is 4.96. The van der Waals surface area contributed by atoms with Gasteiger partial charge in [-0.25, -0.2) is 4.98 Å². The summed E-state index contributed by atoms with van der Waals surface area (Å²) in [6.45, 7) is 2.50. The molecule has 0 bridgehead atoms. The number of pyridine rings is 1. The molecule has 0 saturated heterocycles. The molecule has 0 spiro atoms. The molecule has 0 amide bonds. The molecule has 3 aromatic rings. The van der Waals surface area contributed by atoms with Crippen molar-refractivity contribution >= 4 is 40.2 Å². The summed E-state index contributed by atoms with van der Waals surface area (Å²) in [6, 6.07) is 9.37. The number of aromatic nitrogens is 3. The van der Waals surface area contributed by atoms with E-state index < -0.39 is 0 Å². The van der Waals surface area contributed by atoms with Gasteiger partial charge < -0.3 is 10.3 Å². The molecule has 6 heteroatoms. The number of nitrogens with zero attached hydrogens (tertiary/aromatic N) is 3. The lowest BCUT2D eigenvalue weighted by atomic mass is 10.3. The van der Waals surface area contributed by atoms with Crippen molar-refractivity contribution in [2.24, 2.45) is 0 Å². The Balaban J connectivity index is 2.11. The summed E-state index contributed by atoms with van der Waals surface area (Å²) < 4.78 is 1.87. The number of nitrogens with two attached hydrogens (primary N) is 1. The quantitative estimate of drug-likeness (QED) is 0.786. The highest BCUT2D eigenvalue weighted by atomic mass is 35.5. The van der Waals surface area contributed by atoms with E-state index >= 15 is 0 Å². The third kappa shape index (κ3) is 2.32. The molecule has 2 aromatic heterocycles. The molecule has 0 fully saturated rings. The fourth-order valence-electron chi connectivity index (χ4n) is 2.15. The third-order valence-corrected chi connectivity index (χ3v) is 3.81. The molecule has 0 aliphatic carbocycles. The van der Waals surface area contributed by atoms with Gasteiger partial charge in [-0.1, -0.05) is 29.3 Å². The third-order valence-electron chi connectivity index (χ3n) is 3.09. The van der Waals surface area contributed by atoms with Crippen molar-refractivity contribution in [3.05, 3.63) is 51.8 Å². The van der Waals surface area contributed by atoms with Crippen LogP contribution in [0.15, 0.2) is 30.3 Å². The highest BCUT2D eigenvalue weighted by molar-refractivity contribution is 6.42. The van der Waals surface area contributed by atoms with Crippen molar-refractivity contribution in [1.82, 2.24) is 14.5 Å². The molecule has 0 atom stereocenters. The maximum atomic E-state index is 6.07. The van der Waals surface area contributed by atoms with Crippen molar-refractivity contribution in [2.45, 2.75) is 13.5 Å². The Kier molecular flexibility index (Phi) is 3.28. The molecule has 2 N–H and O–H groups in total. The van der Waals surface area contributed by atoms with Crippen LogP contribution in [0.2, 0.25) is 10.0 Å². The Hall–Kier alpha value is -1.78. The number of benzene rings is 1. The maximum absolute atomic E-state index is 6.07. The van der Waals surface area contributed by atoms with Gasteiger partial charge in [-0.05, 0) is 31.2 Å². The van der Waals surface area contributed by atoms with E-state index in [-0.39, 0.29) is 0 Å². The predicted molar refractivity (Wildman–Crippen MR) is 82.2 cm³/mol. The number of fused-ring (bicyclic) bond motifs is 1. The number of imidazole rings is 1. The SMILES string of the molecule is Cc1cccc(Cn2c(N)nc3cc(Cl)c(Cl)cc32)n1. The zero-order valence-electron chi connectivity index (χ0n) is 10.8. The lowest BCUT2D eigenvalue weighted by Crippen LogP contribution is -2.06. The van der Waals surface area contributed by atoms with E-state index in [9.17, 15) is 0 Å². The Labute approximate surface area is 126 Å². The van der Waals surface area contributed by atoms with E-state index in [1.807, 2.05) is 29.7 Å². The monoisotopic (exact) mass is 306 g/mol. The number of hydrogen-bond donors (Lipinski definition) is 1. The smallest absolute Gasteiger partial charge is 0.201 e. The number of aryl methyl sites for hydroxylation is 1. The molecular weight excluding hydrogens is 295 g/mol. The van der Waals surface area contributed by atoms with Gasteiger partial charge in [-0.3, -0.25) is 4.98 Å². The second-order valence-corrected chi connectivity index (χ2v) is 5.40. The van der Waals surface area contributed by atoms with Gasteiger partial charge >= 0.3 is 0 Å². The van der Waals surface area contributed by atoms with Crippen LogP contribution in [0.25, 0.3) is 11.0 Å². The highest BCUT2D eigenvalue weighted by Crippen LogP contribution is 2.29. The lowest BCUT2D eigenvalue weighted by molar-refractivity contribution is 0.804. The average molecular weight is 307 g/mol. The van der Waals surface area contributed by atoms with Crippen LogP contribution in [0.5, 0.6) is 0 Å². The summed E-state index contributed by atoms with van der Waals surface area (Å²) in [4.78, 5) is 8.78. The van der Waals surface area contributed by atoms with Crippen LogP contribution < -0.4 is 5.73 Å². The van der Waals surface area contributed by atoms with E-state index in [4.69, 9.17) is 28.9 Å². The van der Waals surface area contributed by atoms with E-state index in [1.54, 1.807) is 12.1 Å². The molecular formula is C14H12Cl2N4. The van der Waals surface area contributed by atoms with E-state index in [0.29, 0.717) is 22.5 Å². The van der Waals surface area contributed by atoms with Gasteiger partial charge in [0, 0.05) is 5.69 Å². The number of hydrogen-bond acceptors (Lipinski definition) is 3. The molecule has 102 valence electrons. The van der Waals surface area contributed by atoms with E-state index in [1.165, 1.54) is 0 Å². The number of rotatable bonds is 2. The first-order valence-corrected chi connectivity index (χ1v) is 6.83. The molecule has 2 heterocycles. The number of anilines is 1. The van der Waals surface area contributed by atoms with Gasteiger partial charge in [0.1, 0.15) is 0 Å². The molecule has 1 aromatic carbocycles. The van der Waals surface area contributed by atoms with Gasteiger partial charge in [0.25, 0.3) is 0 Å². The summed E-state index contributed by atoms with van der Waals surface area (Å²) in [5.41, 5.74) is 9.43. The predicted octanol–water partition coefficient (Wildman–Crippen LogP) is 3.68. The summed E-state index contributed by atoms with van der Waals surface area (Å²) >= 11 is 12.1. The van der Waals surface area contributed by atoms with Gasteiger partial charge in [-0.2, -0.15) is 0 Å². The minimum atomic E-state index is 0.418. The van der Waals surface area contributed by atoms with Crippen molar-refractivity contribution in [2.75, 3.05) is 5.73 Å². The van der Waals surface area contributed by atoms with Crippen LogP contribution in [0.3, 0.4) is 0 Å². The lowest BCUT2D eigenvalue weighted by Gasteiger charge is -2.07. The van der Waals surface area contributed by atoms with Gasteiger partial charge in [0.05, 0.1) is 33.3 Å². The van der Waals surface area contributed by atoms with Crippen LogP contribution in [-0.4, -0.2) is 14.5 Å². The molecule has 3 rings (SSSR count). The minimum absolute atomic E-state index is 0.418. The molecule has 0 unspecified atom stereocenters. The van der Waals surface area contributed by atoms with Crippen LogP contribution in [0.1, 0.15) is 11.4 Å². The molecule has 0 saturated carbocycles. The van der Waals surface area contributed by atoms with Crippen LogP contribution in [0, 0.1) is 6.92 Å². The Morgan fingerprint density at radius 3 is 2.65 bits per heavy atom. The first-order chi connectivity index (χ1) is 9.54. The molecule has 0 aliphatic rings. The normalized spacial score (nSPS) is 11.2. The molecule has 0 radical (unpaired) electrons. The van der Waals surface area contributed by atoms with E-state index in [2.05, 4.69) is 9.97 Å². The topological polar surface area (TPSA) is 56.7 Å². The van der Waals surface area contributed by atoms with Crippen LogP contribution in [-0.2, 0) is 6.54 Å². The summed E-state index contributed by atoms with van der Waals surface area (Å²) in [7, 11) is 0. The first-order valence-electron chi connectivity index (χ1n) is 6.08. The summed E-state index contributed by atoms with van der Waals surface area (Å²) in [5, 5.41) is 0.954. The zero-order chi connectivity index (χ0) is 14.3. The van der Waals surface area contributed by atoms with Gasteiger partial charge in [-0.15, -0.1) is 0 Å². The number of nitrogen functional groups attached to an aromatic ring is 1. The Morgan fingerprint density at radius 1 is 1.15 bits per heavy atom. The van der Waals surface area contributed by atoms with Crippen molar-refractivity contribution in [3.8, 4) is 0 Å². The number of halogens is 2. The largest absolute Gasteiger partial charge is 0.369 e. The van der Waals surface area contributed by atoms with Gasteiger partial charge in [0.15, 0.2) is 0 Å². The van der Waals surface area contributed by atoms with Crippen molar-refractivity contribution in [3.63, 3.8) is 0 Å². The fourth-order valence-corrected chi connectivity index (χ4v) is 2.47. The minimum Gasteiger partial charge on any atom is -0.369 e. The Bertz CT molecular complexity index is 795. The Morgan fingerprint density at radius 2 is 1.90 bits per heavy atom. The molecule has 20 heavy (non-hydrogen) atoms. The van der Waals surface area contributed by atoms with Crippen LogP contribution >= 0.6 is 23.2 Å². The van der Waals surface area contributed by atoms with Gasteiger partial charge in [0.2, 0.25) is 5.95 Å². The highest BCUT2D eigenvalue weighted by Gasteiger charge is 2.12. The summed E-state index contributed by atoms with van der Waals surface area (Å²) in [5.74, 6) is 0.418.